The first kappa shape index (κ1) is 22.7. The summed E-state index contributed by atoms with van der Waals surface area (Å²) in [6.07, 6.45) is 7.01. The molecule has 2 aromatic rings. The van der Waals surface area contributed by atoms with Gasteiger partial charge in [0.15, 0.2) is 5.96 Å². The van der Waals surface area contributed by atoms with Gasteiger partial charge in [-0.25, -0.2) is 4.98 Å². The van der Waals surface area contributed by atoms with Gasteiger partial charge in [-0.1, -0.05) is 31.2 Å². The van der Waals surface area contributed by atoms with Crippen molar-refractivity contribution in [3.63, 3.8) is 0 Å². The highest BCUT2D eigenvalue weighted by molar-refractivity contribution is 14.0. The topological polar surface area (TPSA) is 48.7 Å². The number of halogens is 1. The van der Waals surface area contributed by atoms with E-state index in [0.717, 1.165) is 38.6 Å². The Balaban J connectivity index is 0.00000280. The van der Waals surface area contributed by atoms with Gasteiger partial charge in [0.2, 0.25) is 0 Å². The van der Waals surface area contributed by atoms with Crippen LogP contribution in [0.25, 0.3) is 0 Å². The molecular formula is C21H33IN6. The van der Waals surface area contributed by atoms with E-state index < -0.39 is 0 Å². The van der Waals surface area contributed by atoms with E-state index in [1.165, 1.54) is 11.1 Å². The Hall–Kier alpha value is -1.61. The van der Waals surface area contributed by atoms with Gasteiger partial charge in [0, 0.05) is 45.6 Å². The molecule has 1 aromatic heterocycles. The molecule has 2 atom stereocenters. The zero-order valence-electron chi connectivity index (χ0n) is 17.4. The molecule has 2 unspecified atom stereocenters. The van der Waals surface area contributed by atoms with E-state index in [0.29, 0.717) is 12.0 Å². The van der Waals surface area contributed by atoms with Crippen LogP contribution in [0.15, 0.2) is 48.0 Å². The number of hydrogen-bond donors (Lipinski definition) is 1. The minimum absolute atomic E-state index is 0. The number of nitrogens with zero attached hydrogens (tertiary/aromatic N) is 5. The van der Waals surface area contributed by atoms with Crippen LogP contribution in [0, 0.1) is 5.92 Å². The van der Waals surface area contributed by atoms with Gasteiger partial charge in [0.25, 0.3) is 0 Å². The largest absolute Gasteiger partial charge is 0.352 e. The van der Waals surface area contributed by atoms with Crippen LogP contribution in [0.2, 0.25) is 0 Å². The Labute approximate surface area is 186 Å². The smallest absolute Gasteiger partial charge is 0.193 e. The van der Waals surface area contributed by atoms with Crippen molar-refractivity contribution < 1.29 is 0 Å². The Morgan fingerprint density at radius 3 is 2.57 bits per heavy atom. The van der Waals surface area contributed by atoms with Crippen LogP contribution in [0.1, 0.15) is 30.5 Å². The van der Waals surface area contributed by atoms with Gasteiger partial charge >= 0.3 is 0 Å². The van der Waals surface area contributed by atoms with E-state index in [4.69, 9.17) is 0 Å². The van der Waals surface area contributed by atoms with Gasteiger partial charge in [-0.2, -0.15) is 0 Å². The molecule has 1 fully saturated rings. The fourth-order valence-corrected chi connectivity index (χ4v) is 3.74. The van der Waals surface area contributed by atoms with Crippen LogP contribution in [0.4, 0.5) is 0 Å². The first-order valence-corrected chi connectivity index (χ1v) is 9.72. The molecule has 6 nitrogen and oxygen atoms in total. The fourth-order valence-electron chi connectivity index (χ4n) is 3.74. The van der Waals surface area contributed by atoms with E-state index in [9.17, 15) is 0 Å². The van der Waals surface area contributed by atoms with Crippen molar-refractivity contribution in [1.82, 2.24) is 24.7 Å². The minimum atomic E-state index is 0. The van der Waals surface area contributed by atoms with Gasteiger partial charge < -0.3 is 19.7 Å². The summed E-state index contributed by atoms with van der Waals surface area (Å²) in [5.41, 5.74) is 2.61. The number of rotatable bonds is 5. The third-order valence-corrected chi connectivity index (χ3v) is 5.31. The maximum atomic E-state index is 4.52. The second kappa shape index (κ2) is 10.8. The number of aliphatic imine (C=N–C) groups is 1. The zero-order valence-corrected chi connectivity index (χ0v) is 19.7. The van der Waals surface area contributed by atoms with Crippen molar-refractivity contribution >= 4 is 29.9 Å². The summed E-state index contributed by atoms with van der Waals surface area (Å²) in [6, 6.07) is 9.25. The summed E-state index contributed by atoms with van der Waals surface area (Å²) in [5.74, 6) is 1.61. The average molecular weight is 496 g/mol. The fraction of sp³-hybridized carbons (Fsp3) is 0.524. The molecule has 0 spiro atoms. The summed E-state index contributed by atoms with van der Waals surface area (Å²) in [6.45, 7) is 6.08. The molecule has 7 heteroatoms. The number of benzene rings is 1. The van der Waals surface area contributed by atoms with Crippen LogP contribution in [0.3, 0.4) is 0 Å². The van der Waals surface area contributed by atoms with Crippen LogP contribution < -0.4 is 5.32 Å². The number of guanidine groups is 1. The normalized spacial score (nSPS) is 20.2. The highest BCUT2D eigenvalue weighted by atomic mass is 127. The second-order valence-electron chi connectivity index (χ2n) is 7.74. The van der Waals surface area contributed by atoms with Gasteiger partial charge in [-0.15, -0.1) is 24.0 Å². The summed E-state index contributed by atoms with van der Waals surface area (Å²) in [7, 11) is 6.05. The SMILES string of the molecule is CN=C(NCc1ccc(CN(C)C)cc1)N1CCC(C)C(n2ccnc2)C1.I. The van der Waals surface area contributed by atoms with Crippen LogP contribution in [-0.4, -0.2) is 59.5 Å². The lowest BCUT2D eigenvalue weighted by molar-refractivity contribution is 0.189. The number of nitrogens with one attached hydrogen (secondary N) is 1. The maximum absolute atomic E-state index is 4.52. The molecular weight excluding hydrogens is 463 g/mol. The van der Waals surface area contributed by atoms with E-state index in [1.807, 2.05) is 19.6 Å². The Morgan fingerprint density at radius 1 is 1.25 bits per heavy atom. The molecule has 2 heterocycles. The highest BCUT2D eigenvalue weighted by Crippen LogP contribution is 2.27. The third kappa shape index (κ3) is 5.94. The average Bonchev–Trinajstić information content (AvgIpc) is 3.18. The Morgan fingerprint density at radius 2 is 1.96 bits per heavy atom. The summed E-state index contributed by atoms with van der Waals surface area (Å²) in [5, 5.41) is 3.54. The maximum Gasteiger partial charge on any atom is 0.193 e. The molecule has 1 N–H and O–H groups in total. The van der Waals surface area contributed by atoms with Crippen molar-refractivity contribution in [3.8, 4) is 0 Å². The first-order chi connectivity index (χ1) is 13.1. The third-order valence-electron chi connectivity index (χ3n) is 5.31. The van der Waals surface area contributed by atoms with Crippen molar-refractivity contribution in [3.05, 3.63) is 54.1 Å². The zero-order chi connectivity index (χ0) is 19.2. The van der Waals surface area contributed by atoms with Crippen molar-refractivity contribution in [2.24, 2.45) is 10.9 Å². The van der Waals surface area contributed by atoms with Gasteiger partial charge in [0.1, 0.15) is 0 Å². The van der Waals surface area contributed by atoms with Gasteiger partial charge in [-0.3, -0.25) is 4.99 Å². The lowest BCUT2D eigenvalue weighted by atomic mass is 9.93. The minimum Gasteiger partial charge on any atom is -0.352 e. The molecule has 1 aliphatic heterocycles. The number of piperidine rings is 1. The lowest BCUT2D eigenvalue weighted by Gasteiger charge is -2.39. The molecule has 3 rings (SSSR count). The Bertz CT molecular complexity index is 726. The van der Waals surface area contributed by atoms with Crippen molar-refractivity contribution in [2.75, 3.05) is 34.2 Å². The summed E-state index contributed by atoms with van der Waals surface area (Å²) in [4.78, 5) is 13.3. The van der Waals surface area contributed by atoms with Crippen molar-refractivity contribution in [2.45, 2.75) is 32.5 Å². The molecule has 28 heavy (non-hydrogen) atoms. The predicted octanol–water partition coefficient (Wildman–Crippen LogP) is 3.22. The number of hydrogen-bond acceptors (Lipinski definition) is 3. The molecule has 0 bridgehead atoms. The molecule has 1 aliphatic rings. The molecule has 154 valence electrons. The quantitative estimate of drug-likeness (QED) is 0.393. The molecule has 0 radical (unpaired) electrons. The number of aromatic nitrogens is 2. The lowest BCUT2D eigenvalue weighted by Crippen LogP contribution is -2.48. The summed E-state index contributed by atoms with van der Waals surface area (Å²) < 4.78 is 2.23. The van der Waals surface area contributed by atoms with E-state index >= 15 is 0 Å². The van der Waals surface area contributed by atoms with Gasteiger partial charge in [-0.05, 0) is 37.6 Å². The van der Waals surface area contributed by atoms with Crippen LogP contribution >= 0.6 is 24.0 Å². The monoisotopic (exact) mass is 496 g/mol. The summed E-state index contributed by atoms with van der Waals surface area (Å²) >= 11 is 0. The van der Waals surface area contributed by atoms with Crippen molar-refractivity contribution in [1.29, 1.82) is 0 Å². The molecule has 0 aliphatic carbocycles. The highest BCUT2D eigenvalue weighted by Gasteiger charge is 2.28. The second-order valence-corrected chi connectivity index (χ2v) is 7.74. The van der Waals surface area contributed by atoms with E-state index in [2.05, 4.69) is 81.1 Å². The predicted molar refractivity (Wildman–Crippen MR) is 126 cm³/mol. The molecule has 0 saturated carbocycles. The van der Waals surface area contributed by atoms with Crippen LogP contribution in [-0.2, 0) is 13.1 Å². The van der Waals surface area contributed by atoms with E-state index in [1.54, 1.807) is 0 Å². The number of imidazole rings is 1. The molecule has 0 amide bonds. The van der Waals surface area contributed by atoms with Crippen LogP contribution in [0.5, 0.6) is 0 Å². The molecule has 1 saturated heterocycles. The number of likely N-dealkylation sites (tertiary alicyclic amines) is 1. The van der Waals surface area contributed by atoms with Gasteiger partial charge in [0.05, 0.1) is 12.4 Å². The standard InChI is InChI=1S/C21H32N6.HI/c1-17-9-11-26(15-20(17)27-12-10-23-16-27)21(22-2)24-13-18-5-7-19(8-6-18)14-25(3)4;/h5-8,10,12,16-17,20H,9,11,13-15H2,1-4H3,(H,22,24);1H. The Kier molecular flexibility index (Phi) is 8.75. The first-order valence-electron chi connectivity index (χ1n) is 9.72. The van der Waals surface area contributed by atoms with E-state index in [-0.39, 0.29) is 24.0 Å². The molecule has 1 aromatic carbocycles.